The van der Waals surface area contributed by atoms with Crippen molar-refractivity contribution in [2.75, 3.05) is 27.7 Å². The highest BCUT2D eigenvalue weighted by molar-refractivity contribution is 5.29. The first-order chi connectivity index (χ1) is 10.1. The van der Waals surface area contributed by atoms with Gasteiger partial charge in [0, 0.05) is 6.54 Å². The molecule has 4 atom stereocenters. The van der Waals surface area contributed by atoms with Gasteiger partial charge in [-0.15, -0.1) is 0 Å². The Bertz CT molecular complexity index is 485. The number of ether oxygens (including phenoxy) is 1. The summed E-state index contributed by atoms with van der Waals surface area (Å²) in [5.74, 6) is 3.18. The molecule has 0 amide bonds. The first-order valence-corrected chi connectivity index (χ1v) is 8.10. The Hall–Kier alpha value is -1.07. The summed E-state index contributed by atoms with van der Waals surface area (Å²) in [5, 5.41) is 4.50. The molecule has 2 fully saturated rings. The highest BCUT2D eigenvalue weighted by Gasteiger charge is 2.43. The zero-order chi connectivity index (χ0) is 15.0. The SMILES string of the molecule is COc1cnn(CCN(C)C)c1C(N)C1CC2CCC1C2. The fourth-order valence-electron chi connectivity index (χ4n) is 4.28. The molecule has 2 aliphatic carbocycles. The van der Waals surface area contributed by atoms with Crippen LogP contribution < -0.4 is 10.5 Å². The van der Waals surface area contributed by atoms with Gasteiger partial charge in [0.2, 0.25) is 0 Å². The van der Waals surface area contributed by atoms with Crippen molar-refractivity contribution in [2.45, 2.75) is 38.3 Å². The summed E-state index contributed by atoms with van der Waals surface area (Å²) < 4.78 is 7.57. The summed E-state index contributed by atoms with van der Waals surface area (Å²) in [7, 11) is 5.87. The van der Waals surface area contributed by atoms with Gasteiger partial charge < -0.3 is 15.4 Å². The number of hydrogen-bond acceptors (Lipinski definition) is 4. The quantitative estimate of drug-likeness (QED) is 0.870. The third-order valence-electron chi connectivity index (χ3n) is 5.39. The van der Waals surface area contributed by atoms with E-state index in [1.165, 1.54) is 25.7 Å². The molecule has 2 N–H and O–H groups in total. The number of nitrogens with zero attached hydrogens (tertiary/aromatic N) is 3. The van der Waals surface area contributed by atoms with Crippen molar-refractivity contribution in [1.29, 1.82) is 0 Å². The van der Waals surface area contributed by atoms with Gasteiger partial charge in [0.15, 0.2) is 5.75 Å². The molecule has 2 aliphatic rings. The zero-order valence-corrected chi connectivity index (χ0v) is 13.5. The first-order valence-electron chi connectivity index (χ1n) is 8.10. The molecule has 2 saturated carbocycles. The summed E-state index contributed by atoms with van der Waals surface area (Å²) >= 11 is 0. The number of rotatable bonds is 6. The van der Waals surface area contributed by atoms with Gasteiger partial charge in [0.25, 0.3) is 0 Å². The van der Waals surface area contributed by atoms with Crippen molar-refractivity contribution in [3.63, 3.8) is 0 Å². The lowest BCUT2D eigenvalue weighted by Crippen LogP contribution is -2.30. The fourth-order valence-corrected chi connectivity index (χ4v) is 4.28. The molecule has 0 spiro atoms. The van der Waals surface area contributed by atoms with Crippen LogP contribution in [0.5, 0.6) is 5.75 Å². The van der Waals surface area contributed by atoms with E-state index in [2.05, 4.69) is 28.8 Å². The monoisotopic (exact) mass is 292 g/mol. The van der Waals surface area contributed by atoms with Crippen molar-refractivity contribution >= 4 is 0 Å². The smallest absolute Gasteiger partial charge is 0.161 e. The summed E-state index contributed by atoms with van der Waals surface area (Å²) in [4.78, 5) is 2.17. The maximum Gasteiger partial charge on any atom is 0.161 e. The Labute approximate surface area is 127 Å². The molecule has 4 unspecified atom stereocenters. The van der Waals surface area contributed by atoms with Gasteiger partial charge in [0.1, 0.15) is 0 Å². The largest absolute Gasteiger partial charge is 0.493 e. The molecule has 3 rings (SSSR count). The molecule has 0 aromatic carbocycles. The van der Waals surface area contributed by atoms with Crippen LogP contribution in [0.1, 0.15) is 37.4 Å². The van der Waals surface area contributed by atoms with Crippen LogP contribution in [-0.4, -0.2) is 42.4 Å². The van der Waals surface area contributed by atoms with E-state index in [1.807, 2.05) is 6.20 Å². The molecule has 1 heterocycles. The van der Waals surface area contributed by atoms with E-state index in [4.69, 9.17) is 10.5 Å². The van der Waals surface area contributed by atoms with Crippen LogP contribution in [-0.2, 0) is 6.54 Å². The van der Waals surface area contributed by atoms with E-state index in [-0.39, 0.29) is 6.04 Å². The van der Waals surface area contributed by atoms with Crippen LogP contribution in [0.2, 0.25) is 0 Å². The fraction of sp³-hybridized carbons (Fsp3) is 0.812. The summed E-state index contributed by atoms with van der Waals surface area (Å²) in [6.45, 7) is 1.82. The normalized spacial score (nSPS) is 29.3. The zero-order valence-electron chi connectivity index (χ0n) is 13.5. The summed E-state index contributed by atoms with van der Waals surface area (Å²) in [6.07, 6.45) is 7.25. The second-order valence-corrected chi connectivity index (χ2v) is 6.99. The van der Waals surface area contributed by atoms with E-state index in [0.717, 1.165) is 36.4 Å². The van der Waals surface area contributed by atoms with Crippen molar-refractivity contribution in [3.8, 4) is 5.75 Å². The lowest BCUT2D eigenvalue weighted by Gasteiger charge is -2.28. The van der Waals surface area contributed by atoms with Gasteiger partial charge in [-0.2, -0.15) is 5.10 Å². The Morgan fingerprint density at radius 2 is 2.24 bits per heavy atom. The van der Waals surface area contributed by atoms with Gasteiger partial charge in [-0.25, -0.2) is 0 Å². The van der Waals surface area contributed by atoms with Crippen molar-refractivity contribution in [1.82, 2.24) is 14.7 Å². The molecule has 21 heavy (non-hydrogen) atoms. The van der Waals surface area contributed by atoms with Gasteiger partial charge in [-0.05, 0) is 51.1 Å². The molecule has 1 aromatic rings. The third kappa shape index (κ3) is 2.81. The minimum absolute atomic E-state index is 0.0555. The molecule has 1 aromatic heterocycles. The second kappa shape index (κ2) is 5.97. The topological polar surface area (TPSA) is 56.3 Å². The van der Waals surface area contributed by atoms with Crippen LogP contribution in [0, 0.1) is 17.8 Å². The number of methoxy groups -OCH3 is 1. The lowest BCUT2D eigenvalue weighted by molar-refractivity contribution is 0.266. The first kappa shape index (κ1) is 14.9. The van der Waals surface area contributed by atoms with Crippen LogP contribution in [0.4, 0.5) is 0 Å². The molecule has 118 valence electrons. The maximum atomic E-state index is 6.66. The lowest BCUT2D eigenvalue weighted by atomic mass is 9.82. The van der Waals surface area contributed by atoms with Crippen molar-refractivity contribution in [2.24, 2.45) is 23.5 Å². The summed E-state index contributed by atoms with van der Waals surface area (Å²) in [5.41, 5.74) is 7.75. The van der Waals surface area contributed by atoms with E-state index < -0.39 is 0 Å². The molecule has 2 bridgehead atoms. The highest BCUT2D eigenvalue weighted by Crippen LogP contribution is 2.52. The standard InChI is InChI=1S/C16H28N4O/c1-19(2)6-7-20-16(14(21-3)10-18-20)15(17)13-9-11-4-5-12(13)8-11/h10-13,15H,4-9,17H2,1-3H3. The summed E-state index contributed by atoms with van der Waals surface area (Å²) in [6, 6.07) is 0.0555. The number of fused-ring (bicyclic) bond motifs is 2. The van der Waals surface area contributed by atoms with Crippen LogP contribution >= 0.6 is 0 Å². The van der Waals surface area contributed by atoms with Crippen LogP contribution in [0.3, 0.4) is 0 Å². The minimum Gasteiger partial charge on any atom is -0.493 e. The Morgan fingerprint density at radius 3 is 2.81 bits per heavy atom. The van der Waals surface area contributed by atoms with Gasteiger partial charge in [0.05, 0.1) is 31.6 Å². The average Bonchev–Trinajstić information content (AvgIpc) is 3.18. The second-order valence-electron chi connectivity index (χ2n) is 6.99. The molecule has 5 heteroatoms. The molecule has 0 radical (unpaired) electrons. The predicted molar refractivity (Wildman–Crippen MR) is 83.2 cm³/mol. The third-order valence-corrected chi connectivity index (χ3v) is 5.39. The van der Waals surface area contributed by atoms with E-state index >= 15 is 0 Å². The van der Waals surface area contributed by atoms with Gasteiger partial charge in [-0.1, -0.05) is 6.42 Å². The van der Waals surface area contributed by atoms with Crippen molar-refractivity contribution < 1.29 is 4.74 Å². The predicted octanol–water partition coefficient (Wildman–Crippen LogP) is 1.89. The number of hydrogen-bond donors (Lipinski definition) is 1. The minimum atomic E-state index is 0.0555. The Morgan fingerprint density at radius 1 is 1.43 bits per heavy atom. The van der Waals surface area contributed by atoms with E-state index in [9.17, 15) is 0 Å². The average molecular weight is 292 g/mol. The molecular weight excluding hydrogens is 264 g/mol. The number of aromatic nitrogens is 2. The highest BCUT2D eigenvalue weighted by atomic mass is 16.5. The molecular formula is C16H28N4O. The molecule has 0 saturated heterocycles. The number of nitrogens with two attached hydrogens (primary N) is 1. The van der Waals surface area contributed by atoms with Crippen LogP contribution in [0.25, 0.3) is 0 Å². The van der Waals surface area contributed by atoms with Gasteiger partial charge in [-0.3, -0.25) is 4.68 Å². The Balaban J connectivity index is 1.80. The molecule has 0 aliphatic heterocycles. The maximum absolute atomic E-state index is 6.66. The van der Waals surface area contributed by atoms with Crippen molar-refractivity contribution in [3.05, 3.63) is 11.9 Å². The van der Waals surface area contributed by atoms with Gasteiger partial charge >= 0.3 is 0 Å². The van der Waals surface area contributed by atoms with E-state index in [1.54, 1.807) is 7.11 Å². The van der Waals surface area contributed by atoms with E-state index in [0.29, 0.717) is 5.92 Å². The number of likely N-dealkylation sites (N-methyl/N-ethyl adjacent to an activating group) is 1. The molecule has 5 nitrogen and oxygen atoms in total. The van der Waals surface area contributed by atoms with Crippen LogP contribution in [0.15, 0.2) is 6.20 Å². The Kier molecular flexibility index (Phi) is 4.22.